The minimum absolute atomic E-state index is 0.0443. The molecule has 1 aromatic carbocycles. The van der Waals surface area contributed by atoms with E-state index in [1.807, 2.05) is 13.0 Å². The quantitative estimate of drug-likeness (QED) is 0.651. The summed E-state index contributed by atoms with van der Waals surface area (Å²) in [7, 11) is 0. The zero-order chi connectivity index (χ0) is 22.8. The van der Waals surface area contributed by atoms with Crippen molar-refractivity contribution in [1.82, 2.24) is 24.8 Å². The molecule has 0 unspecified atom stereocenters. The number of carbonyl (C=O) groups is 1. The molecule has 7 nitrogen and oxygen atoms in total. The number of piperazine rings is 1. The first kappa shape index (κ1) is 21.9. The van der Waals surface area contributed by atoms with Crippen molar-refractivity contribution < 1.29 is 4.79 Å². The summed E-state index contributed by atoms with van der Waals surface area (Å²) in [6, 6.07) is 10.6. The van der Waals surface area contributed by atoms with Crippen LogP contribution in [0, 0.1) is 13.8 Å². The number of amides is 1. The van der Waals surface area contributed by atoms with Crippen LogP contribution >= 0.6 is 0 Å². The van der Waals surface area contributed by atoms with Crippen molar-refractivity contribution >= 4 is 22.8 Å². The fourth-order valence-corrected chi connectivity index (χ4v) is 5.07. The van der Waals surface area contributed by atoms with Gasteiger partial charge in [-0.15, -0.1) is 0 Å². The Bertz CT molecular complexity index is 1150. The number of aromatic nitrogens is 3. The molecule has 1 amide bonds. The van der Waals surface area contributed by atoms with Crippen LogP contribution in [0.4, 0.5) is 5.69 Å². The van der Waals surface area contributed by atoms with Crippen LogP contribution in [0.3, 0.4) is 0 Å². The number of hydrogen-bond acceptors (Lipinski definition) is 5. The monoisotopic (exact) mass is 446 g/mol. The number of pyridine rings is 1. The summed E-state index contributed by atoms with van der Waals surface area (Å²) in [5, 5.41) is 3.14. The number of nitrogens with zero attached hydrogens (tertiary/aromatic N) is 5. The number of carbonyl (C=O) groups excluding carboxylic acids is 1. The third-order valence-corrected chi connectivity index (χ3v) is 6.89. The number of aryl methyl sites for hydroxylation is 4. The standard InChI is InChI=1S/C26H34N6O/c1-19-7-6-8-21(17-19)31-15-13-30(14-16-31)12-10-27-26(33)22-18-20(2)28-25-24(22)29-23-9-4-3-5-11-32(23)25/h6-8,17-18H,3-5,9-16H2,1-2H3,(H,27,33). The van der Waals surface area contributed by atoms with Gasteiger partial charge in [0.2, 0.25) is 0 Å². The number of hydrogen-bond donors (Lipinski definition) is 1. The van der Waals surface area contributed by atoms with Gasteiger partial charge in [0.25, 0.3) is 5.91 Å². The molecule has 174 valence electrons. The molecule has 0 aliphatic carbocycles. The largest absolute Gasteiger partial charge is 0.369 e. The second-order valence-electron chi connectivity index (χ2n) is 9.40. The molecule has 0 spiro atoms. The zero-order valence-electron chi connectivity index (χ0n) is 19.8. The normalized spacial score (nSPS) is 17.1. The van der Waals surface area contributed by atoms with E-state index >= 15 is 0 Å². The Kier molecular flexibility index (Phi) is 6.31. The Morgan fingerprint density at radius 3 is 2.67 bits per heavy atom. The fraction of sp³-hybridized carbons (Fsp3) is 0.500. The van der Waals surface area contributed by atoms with Crippen LogP contribution in [0.15, 0.2) is 30.3 Å². The highest BCUT2D eigenvalue weighted by Crippen LogP contribution is 2.24. The van der Waals surface area contributed by atoms with Gasteiger partial charge < -0.3 is 14.8 Å². The third kappa shape index (κ3) is 4.74. The average molecular weight is 447 g/mol. The Hall–Kier alpha value is -2.93. The predicted octanol–water partition coefficient (Wildman–Crippen LogP) is 3.33. The van der Waals surface area contributed by atoms with Crippen LogP contribution in [0.5, 0.6) is 0 Å². The van der Waals surface area contributed by atoms with E-state index in [-0.39, 0.29) is 5.91 Å². The average Bonchev–Trinajstić information content (AvgIpc) is 2.99. The Morgan fingerprint density at radius 1 is 1.00 bits per heavy atom. The number of nitrogens with one attached hydrogen (secondary N) is 1. The van der Waals surface area contributed by atoms with E-state index in [2.05, 4.69) is 50.9 Å². The molecule has 1 fully saturated rings. The molecule has 0 saturated carbocycles. The van der Waals surface area contributed by atoms with Crippen LogP contribution in [-0.2, 0) is 13.0 Å². The Morgan fingerprint density at radius 2 is 1.85 bits per heavy atom. The summed E-state index contributed by atoms with van der Waals surface area (Å²) >= 11 is 0. The van der Waals surface area contributed by atoms with E-state index in [1.54, 1.807) is 0 Å². The lowest BCUT2D eigenvalue weighted by Gasteiger charge is -2.36. The van der Waals surface area contributed by atoms with Gasteiger partial charge >= 0.3 is 0 Å². The van der Waals surface area contributed by atoms with Gasteiger partial charge in [0.05, 0.1) is 5.56 Å². The second kappa shape index (κ2) is 9.51. The molecule has 33 heavy (non-hydrogen) atoms. The maximum Gasteiger partial charge on any atom is 0.253 e. The first-order chi connectivity index (χ1) is 16.1. The van der Waals surface area contributed by atoms with Crippen LogP contribution in [0.2, 0.25) is 0 Å². The SMILES string of the molecule is Cc1cccc(N2CCN(CCNC(=O)c3cc(C)nc4c3nc3n4CCCCC3)CC2)c1. The minimum atomic E-state index is -0.0443. The topological polar surface area (TPSA) is 66.3 Å². The maximum absolute atomic E-state index is 13.1. The third-order valence-electron chi connectivity index (χ3n) is 6.89. The van der Waals surface area contributed by atoms with Gasteiger partial charge in [0.1, 0.15) is 11.3 Å². The first-order valence-electron chi connectivity index (χ1n) is 12.3. The van der Waals surface area contributed by atoms with E-state index in [0.717, 1.165) is 81.2 Å². The maximum atomic E-state index is 13.1. The summed E-state index contributed by atoms with van der Waals surface area (Å²) in [6.45, 7) is 10.6. The number of anilines is 1. The highest BCUT2D eigenvalue weighted by atomic mass is 16.1. The summed E-state index contributed by atoms with van der Waals surface area (Å²) in [5.74, 6) is 1.03. The molecule has 3 aromatic rings. The fourth-order valence-electron chi connectivity index (χ4n) is 5.07. The van der Waals surface area contributed by atoms with E-state index in [0.29, 0.717) is 12.1 Å². The molecule has 1 N–H and O–H groups in total. The van der Waals surface area contributed by atoms with Gasteiger partial charge in [-0.25, -0.2) is 9.97 Å². The van der Waals surface area contributed by atoms with Crippen molar-refractivity contribution in [1.29, 1.82) is 0 Å². The lowest BCUT2D eigenvalue weighted by molar-refractivity contribution is 0.0949. The molecule has 1 saturated heterocycles. The molecular weight excluding hydrogens is 412 g/mol. The second-order valence-corrected chi connectivity index (χ2v) is 9.40. The van der Waals surface area contributed by atoms with Crippen molar-refractivity contribution in [2.75, 3.05) is 44.2 Å². The molecule has 2 aromatic heterocycles. The zero-order valence-corrected chi connectivity index (χ0v) is 19.8. The van der Waals surface area contributed by atoms with Crippen LogP contribution < -0.4 is 10.2 Å². The van der Waals surface area contributed by atoms with E-state index in [9.17, 15) is 4.79 Å². The van der Waals surface area contributed by atoms with Gasteiger partial charge in [-0.05, 0) is 50.5 Å². The van der Waals surface area contributed by atoms with Crippen molar-refractivity contribution in [3.05, 3.63) is 53.0 Å². The Balaban J connectivity index is 1.19. The molecule has 5 rings (SSSR count). The highest BCUT2D eigenvalue weighted by molar-refractivity contribution is 6.04. The van der Waals surface area contributed by atoms with E-state index in [4.69, 9.17) is 9.97 Å². The molecule has 2 aliphatic heterocycles. The van der Waals surface area contributed by atoms with E-state index < -0.39 is 0 Å². The van der Waals surface area contributed by atoms with Gasteiger partial charge in [-0.1, -0.05) is 18.6 Å². The summed E-state index contributed by atoms with van der Waals surface area (Å²) in [4.78, 5) is 27.5. The first-order valence-corrected chi connectivity index (χ1v) is 12.3. The van der Waals surface area contributed by atoms with Gasteiger partial charge in [-0.2, -0.15) is 0 Å². The summed E-state index contributed by atoms with van der Waals surface area (Å²) < 4.78 is 2.22. The molecule has 0 radical (unpaired) electrons. The molecule has 4 heterocycles. The van der Waals surface area contributed by atoms with Crippen molar-refractivity contribution in [3.8, 4) is 0 Å². The highest BCUT2D eigenvalue weighted by Gasteiger charge is 2.21. The summed E-state index contributed by atoms with van der Waals surface area (Å²) in [5.41, 5.74) is 5.74. The number of fused-ring (bicyclic) bond motifs is 3. The van der Waals surface area contributed by atoms with Gasteiger partial charge in [0, 0.05) is 63.6 Å². The van der Waals surface area contributed by atoms with Crippen molar-refractivity contribution in [2.24, 2.45) is 0 Å². The predicted molar refractivity (Wildman–Crippen MR) is 132 cm³/mol. The van der Waals surface area contributed by atoms with Crippen molar-refractivity contribution in [3.63, 3.8) is 0 Å². The van der Waals surface area contributed by atoms with Crippen LogP contribution in [-0.4, -0.2) is 64.6 Å². The van der Waals surface area contributed by atoms with Crippen LogP contribution in [0.25, 0.3) is 11.2 Å². The summed E-state index contributed by atoms with van der Waals surface area (Å²) in [6.07, 6.45) is 4.49. The number of benzene rings is 1. The molecule has 0 bridgehead atoms. The van der Waals surface area contributed by atoms with Crippen LogP contribution in [0.1, 0.15) is 46.7 Å². The molecule has 7 heteroatoms. The number of imidazole rings is 1. The molecular formula is C26H34N6O. The smallest absolute Gasteiger partial charge is 0.253 e. The lowest BCUT2D eigenvalue weighted by Crippen LogP contribution is -2.48. The number of rotatable bonds is 5. The lowest BCUT2D eigenvalue weighted by atomic mass is 10.2. The van der Waals surface area contributed by atoms with Crippen molar-refractivity contribution in [2.45, 2.75) is 46.1 Å². The Labute approximate surface area is 195 Å². The van der Waals surface area contributed by atoms with E-state index in [1.165, 1.54) is 17.7 Å². The van der Waals surface area contributed by atoms with Gasteiger partial charge in [-0.3, -0.25) is 9.69 Å². The minimum Gasteiger partial charge on any atom is -0.369 e. The molecule has 0 atom stereocenters. The van der Waals surface area contributed by atoms with Gasteiger partial charge in [0.15, 0.2) is 5.65 Å². The molecule has 2 aliphatic rings.